The van der Waals surface area contributed by atoms with Gasteiger partial charge in [-0.3, -0.25) is 0 Å². The lowest BCUT2D eigenvalue weighted by atomic mass is 10.1. The van der Waals surface area contributed by atoms with Gasteiger partial charge in [-0.15, -0.1) is 0 Å². The highest BCUT2D eigenvalue weighted by molar-refractivity contribution is 5.35. The zero-order valence-electron chi connectivity index (χ0n) is 11.4. The number of benzene rings is 1. The van der Waals surface area contributed by atoms with Crippen molar-refractivity contribution in [3.05, 3.63) is 48.0 Å². The second-order valence-corrected chi connectivity index (χ2v) is 4.38. The highest BCUT2D eigenvalue weighted by Gasteiger charge is 2.11. The number of imidazole rings is 1. The molecular weight excluding hydrogens is 240 g/mol. The van der Waals surface area contributed by atoms with Crippen LogP contribution in [0.2, 0.25) is 0 Å². The van der Waals surface area contributed by atoms with E-state index in [2.05, 4.69) is 11.9 Å². The summed E-state index contributed by atoms with van der Waals surface area (Å²) in [4.78, 5) is 4.27. The van der Waals surface area contributed by atoms with Crippen LogP contribution in [0.15, 0.2) is 36.7 Å². The molecule has 0 aliphatic heterocycles. The normalized spacial score (nSPS) is 12.4. The van der Waals surface area contributed by atoms with E-state index < -0.39 is 6.10 Å². The standard InChI is InChI=1S/C15H20N2O2/c1-3-13(18)12-7-5-6-8-14(12)19-11-15-16-9-10-17(15)4-2/h5-10,13,18H,3-4,11H2,1-2H3/t13-/m1/s1. The average Bonchev–Trinajstić information content (AvgIpc) is 2.92. The van der Waals surface area contributed by atoms with Crippen molar-refractivity contribution in [2.24, 2.45) is 0 Å². The number of rotatable bonds is 6. The van der Waals surface area contributed by atoms with Gasteiger partial charge in [-0.05, 0) is 19.4 Å². The molecule has 0 fully saturated rings. The molecule has 4 nitrogen and oxygen atoms in total. The fourth-order valence-corrected chi connectivity index (χ4v) is 2.02. The van der Waals surface area contributed by atoms with Crippen LogP contribution in [0.25, 0.3) is 0 Å². The number of aliphatic hydroxyl groups is 1. The minimum atomic E-state index is -0.484. The van der Waals surface area contributed by atoms with Crippen LogP contribution >= 0.6 is 0 Å². The van der Waals surface area contributed by atoms with E-state index in [9.17, 15) is 5.11 Å². The number of hydrogen-bond donors (Lipinski definition) is 1. The molecule has 19 heavy (non-hydrogen) atoms. The summed E-state index contributed by atoms with van der Waals surface area (Å²) < 4.78 is 7.84. The summed E-state index contributed by atoms with van der Waals surface area (Å²) in [5.41, 5.74) is 0.833. The third kappa shape index (κ3) is 3.15. The molecule has 0 aliphatic rings. The van der Waals surface area contributed by atoms with E-state index in [1.54, 1.807) is 6.20 Å². The minimum absolute atomic E-state index is 0.411. The molecule has 2 aromatic rings. The van der Waals surface area contributed by atoms with E-state index in [0.717, 1.165) is 23.7 Å². The predicted octanol–water partition coefficient (Wildman–Crippen LogP) is 2.93. The summed E-state index contributed by atoms with van der Waals surface area (Å²) in [6.45, 7) is 5.30. The van der Waals surface area contributed by atoms with E-state index in [4.69, 9.17) is 4.74 Å². The van der Waals surface area contributed by atoms with Gasteiger partial charge in [-0.1, -0.05) is 25.1 Å². The summed E-state index contributed by atoms with van der Waals surface area (Å²) in [5, 5.41) is 9.97. The number of aliphatic hydroxyl groups excluding tert-OH is 1. The molecular formula is C15H20N2O2. The maximum absolute atomic E-state index is 9.97. The largest absolute Gasteiger partial charge is 0.485 e. The molecule has 4 heteroatoms. The summed E-state index contributed by atoms with van der Waals surface area (Å²) in [7, 11) is 0. The van der Waals surface area contributed by atoms with E-state index in [0.29, 0.717) is 13.0 Å². The molecule has 1 atom stereocenters. The van der Waals surface area contributed by atoms with Gasteiger partial charge in [0.1, 0.15) is 18.2 Å². The number of aromatic nitrogens is 2. The zero-order valence-corrected chi connectivity index (χ0v) is 11.4. The highest BCUT2D eigenvalue weighted by atomic mass is 16.5. The van der Waals surface area contributed by atoms with Gasteiger partial charge < -0.3 is 14.4 Å². The number of ether oxygens (including phenoxy) is 1. The number of aryl methyl sites for hydroxylation is 1. The van der Waals surface area contributed by atoms with Gasteiger partial charge in [0.25, 0.3) is 0 Å². The van der Waals surface area contributed by atoms with Gasteiger partial charge in [0.2, 0.25) is 0 Å². The topological polar surface area (TPSA) is 47.3 Å². The Labute approximate surface area is 113 Å². The van der Waals surface area contributed by atoms with E-state index >= 15 is 0 Å². The quantitative estimate of drug-likeness (QED) is 0.868. The Kier molecular flexibility index (Phi) is 4.58. The van der Waals surface area contributed by atoms with Crippen molar-refractivity contribution in [1.29, 1.82) is 0 Å². The third-order valence-corrected chi connectivity index (χ3v) is 3.16. The molecule has 0 bridgehead atoms. The summed E-state index contributed by atoms with van der Waals surface area (Å²) in [6.07, 6.45) is 3.90. The van der Waals surface area contributed by atoms with Crippen molar-refractivity contribution in [1.82, 2.24) is 9.55 Å². The van der Waals surface area contributed by atoms with Gasteiger partial charge in [0, 0.05) is 24.5 Å². The first-order valence-corrected chi connectivity index (χ1v) is 6.66. The molecule has 2 rings (SSSR count). The van der Waals surface area contributed by atoms with Crippen LogP contribution in [-0.4, -0.2) is 14.7 Å². The number of para-hydroxylation sites is 1. The Morgan fingerprint density at radius 2 is 2.11 bits per heavy atom. The first-order valence-electron chi connectivity index (χ1n) is 6.66. The first kappa shape index (κ1) is 13.6. The molecule has 1 heterocycles. The fourth-order valence-electron chi connectivity index (χ4n) is 2.02. The smallest absolute Gasteiger partial charge is 0.146 e. The lowest BCUT2D eigenvalue weighted by Gasteiger charge is -2.15. The molecule has 0 saturated heterocycles. The highest BCUT2D eigenvalue weighted by Crippen LogP contribution is 2.27. The average molecular weight is 260 g/mol. The van der Waals surface area contributed by atoms with E-state index in [1.165, 1.54) is 0 Å². The molecule has 1 N–H and O–H groups in total. The van der Waals surface area contributed by atoms with Crippen LogP contribution in [0, 0.1) is 0 Å². The molecule has 0 radical (unpaired) electrons. The second kappa shape index (κ2) is 6.38. The van der Waals surface area contributed by atoms with Crippen LogP contribution in [0.3, 0.4) is 0 Å². The van der Waals surface area contributed by atoms with Crippen LogP contribution in [0.1, 0.15) is 37.8 Å². The van der Waals surface area contributed by atoms with Crippen LogP contribution in [-0.2, 0) is 13.2 Å². The van der Waals surface area contributed by atoms with Crippen LogP contribution in [0.4, 0.5) is 0 Å². The van der Waals surface area contributed by atoms with Crippen molar-refractivity contribution < 1.29 is 9.84 Å². The maximum atomic E-state index is 9.97. The van der Waals surface area contributed by atoms with Gasteiger partial charge >= 0.3 is 0 Å². The lowest BCUT2D eigenvalue weighted by Crippen LogP contribution is -2.07. The molecule has 1 aromatic carbocycles. The van der Waals surface area contributed by atoms with Crippen molar-refractivity contribution in [2.45, 2.75) is 39.5 Å². The molecule has 0 spiro atoms. The summed E-state index contributed by atoms with van der Waals surface area (Å²) in [5.74, 6) is 1.62. The van der Waals surface area contributed by atoms with Crippen molar-refractivity contribution in [3.8, 4) is 5.75 Å². The maximum Gasteiger partial charge on any atom is 0.146 e. The van der Waals surface area contributed by atoms with Crippen molar-refractivity contribution in [2.75, 3.05) is 0 Å². The van der Waals surface area contributed by atoms with Crippen LogP contribution in [0.5, 0.6) is 5.75 Å². The molecule has 0 amide bonds. The van der Waals surface area contributed by atoms with Crippen molar-refractivity contribution >= 4 is 0 Å². The predicted molar refractivity (Wildman–Crippen MR) is 73.9 cm³/mol. The summed E-state index contributed by atoms with van der Waals surface area (Å²) in [6, 6.07) is 7.60. The third-order valence-electron chi connectivity index (χ3n) is 3.16. The number of hydrogen-bond acceptors (Lipinski definition) is 3. The molecule has 1 aromatic heterocycles. The molecule has 102 valence electrons. The van der Waals surface area contributed by atoms with Gasteiger partial charge in [0.05, 0.1) is 6.10 Å². The zero-order chi connectivity index (χ0) is 13.7. The van der Waals surface area contributed by atoms with Gasteiger partial charge in [-0.2, -0.15) is 0 Å². The van der Waals surface area contributed by atoms with Gasteiger partial charge in [-0.25, -0.2) is 4.98 Å². The number of nitrogens with zero attached hydrogens (tertiary/aromatic N) is 2. The molecule has 0 unspecified atom stereocenters. The van der Waals surface area contributed by atoms with E-state index in [-0.39, 0.29) is 0 Å². The Morgan fingerprint density at radius 3 is 2.84 bits per heavy atom. The Balaban J connectivity index is 2.11. The summed E-state index contributed by atoms with van der Waals surface area (Å²) >= 11 is 0. The van der Waals surface area contributed by atoms with E-state index in [1.807, 2.05) is 42.0 Å². The SMILES string of the molecule is CC[C@@H](O)c1ccccc1OCc1nccn1CC. The second-order valence-electron chi connectivity index (χ2n) is 4.38. The Morgan fingerprint density at radius 1 is 1.32 bits per heavy atom. The minimum Gasteiger partial charge on any atom is -0.485 e. The lowest BCUT2D eigenvalue weighted by molar-refractivity contribution is 0.165. The fraction of sp³-hybridized carbons (Fsp3) is 0.400. The Bertz CT molecular complexity index is 522. The monoisotopic (exact) mass is 260 g/mol. The van der Waals surface area contributed by atoms with Crippen molar-refractivity contribution in [3.63, 3.8) is 0 Å². The van der Waals surface area contributed by atoms with Crippen LogP contribution < -0.4 is 4.74 Å². The molecule has 0 aliphatic carbocycles. The van der Waals surface area contributed by atoms with Gasteiger partial charge in [0.15, 0.2) is 0 Å². The first-order chi connectivity index (χ1) is 9.26. The molecule has 0 saturated carbocycles. The Hall–Kier alpha value is -1.81.